The second-order valence-corrected chi connectivity index (χ2v) is 6.88. The zero-order valence-electron chi connectivity index (χ0n) is 12.1. The topological polar surface area (TPSA) is 44.5 Å². The van der Waals surface area contributed by atoms with Gasteiger partial charge in [0.15, 0.2) is 11.5 Å². The van der Waals surface area contributed by atoms with E-state index in [0.717, 1.165) is 46.4 Å². The van der Waals surface area contributed by atoms with Gasteiger partial charge < -0.3 is 14.0 Å². The highest BCUT2D eigenvalue weighted by atomic mass is 35.5. The van der Waals surface area contributed by atoms with Crippen LogP contribution in [0.5, 0.6) is 11.5 Å². The largest absolute Gasteiger partial charge is 0.486 e. The molecule has 116 valence electrons. The number of halogens is 1. The summed E-state index contributed by atoms with van der Waals surface area (Å²) < 4.78 is 16.6. The van der Waals surface area contributed by atoms with Gasteiger partial charge >= 0.3 is 0 Å². The van der Waals surface area contributed by atoms with E-state index in [1.165, 1.54) is 18.4 Å². The van der Waals surface area contributed by atoms with Crippen molar-refractivity contribution in [3.8, 4) is 11.5 Å². The summed E-state index contributed by atoms with van der Waals surface area (Å²) in [6, 6.07) is 3.78. The van der Waals surface area contributed by atoms with Crippen molar-refractivity contribution in [2.75, 3.05) is 13.2 Å². The minimum absolute atomic E-state index is 0.570. The van der Waals surface area contributed by atoms with Gasteiger partial charge in [-0.15, -0.1) is 11.8 Å². The van der Waals surface area contributed by atoms with Crippen LogP contribution in [0.1, 0.15) is 29.9 Å². The molecule has 0 bridgehead atoms. The number of rotatable bonds is 3. The third-order valence-electron chi connectivity index (χ3n) is 3.99. The molecule has 0 saturated carbocycles. The highest BCUT2D eigenvalue weighted by Gasteiger charge is 2.20. The molecule has 0 atom stereocenters. The van der Waals surface area contributed by atoms with Crippen LogP contribution in [-0.4, -0.2) is 18.4 Å². The van der Waals surface area contributed by atoms with Crippen LogP contribution in [0, 0.1) is 0 Å². The normalized spacial score (nSPS) is 16.4. The van der Waals surface area contributed by atoms with Crippen molar-refractivity contribution in [3.05, 3.63) is 34.2 Å². The predicted octanol–water partition coefficient (Wildman–Crippen LogP) is 4.27. The SMILES string of the molecule is Clc1cc2c(cc1SCc1noc3c1CCCC3)OCCO2. The van der Waals surface area contributed by atoms with Crippen LogP contribution in [-0.2, 0) is 18.6 Å². The maximum atomic E-state index is 6.34. The number of benzene rings is 1. The van der Waals surface area contributed by atoms with Crippen LogP contribution in [0.25, 0.3) is 0 Å². The Bertz CT molecular complexity index is 701. The molecule has 0 N–H and O–H groups in total. The van der Waals surface area contributed by atoms with Crippen molar-refractivity contribution in [1.29, 1.82) is 0 Å². The smallest absolute Gasteiger partial charge is 0.162 e. The summed E-state index contributed by atoms with van der Waals surface area (Å²) in [6.45, 7) is 1.15. The lowest BCUT2D eigenvalue weighted by molar-refractivity contribution is 0.171. The molecule has 2 heterocycles. The highest BCUT2D eigenvalue weighted by molar-refractivity contribution is 7.98. The zero-order valence-corrected chi connectivity index (χ0v) is 13.6. The Labute approximate surface area is 138 Å². The van der Waals surface area contributed by atoms with Gasteiger partial charge in [-0.05, 0) is 25.3 Å². The van der Waals surface area contributed by atoms with Gasteiger partial charge in [0.25, 0.3) is 0 Å². The molecule has 6 heteroatoms. The first kappa shape index (κ1) is 14.3. The number of ether oxygens (including phenoxy) is 2. The highest BCUT2D eigenvalue weighted by Crippen LogP contribution is 2.40. The summed E-state index contributed by atoms with van der Waals surface area (Å²) in [6.07, 6.45) is 4.50. The molecule has 1 aromatic carbocycles. The average molecular weight is 338 g/mol. The number of hydrogen-bond acceptors (Lipinski definition) is 5. The maximum absolute atomic E-state index is 6.34. The predicted molar refractivity (Wildman–Crippen MR) is 85.1 cm³/mol. The van der Waals surface area contributed by atoms with Gasteiger partial charge in [-0.3, -0.25) is 0 Å². The number of hydrogen-bond donors (Lipinski definition) is 0. The van der Waals surface area contributed by atoms with Crippen molar-refractivity contribution < 1.29 is 14.0 Å². The number of thioether (sulfide) groups is 1. The van der Waals surface area contributed by atoms with Crippen LogP contribution in [0.2, 0.25) is 5.02 Å². The van der Waals surface area contributed by atoms with Crippen LogP contribution < -0.4 is 9.47 Å². The molecule has 4 rings (SSSR count). The number of fused-ring (bicyclic) bond motifs is 2. The molecule has 1 aliphatic heterocycles. The third-order valence-corrected chi connectivity index (χ3v) is 5.48. The summed E-state index contributed by atoms with van der Waals surface area (Å²) in [4.78, 5) is 0.985. The molecule has 1 aliphatic carbocycles. The second kappa shape index (κ2) is 6.05. The van der Waals surface area contributed by atoms with Crippen molar-refractivity contribution in [2.24, 2.45) is 0 Å². The van der Waals surface area contributed by atoms with Gasteiger partial charge in [0.2, 0.25) is 0 Å². The molecule has 0 saturated heterocycles. The van der Waals surface area contributed by atoms with Gasteiger partial charge in [0.1, 0.15) is 19.0 Å². The molecule has 0 spiro atoms. The maximum Gasteiger partial charge on any atom is 0.162 e. The molecule has 2 aliphatic rings. The second-order valence-electron chi connectivity index (χ2n) is 5.45. The Morgan fingerprint density at radius 3 is 2.73 bits per heavy atom. The first-order valence-electron chi connectivity index (χ1n) is 7.49. The zero-order chi connectivity index (χ0) is 14.9. The van der Waals surface area contributed by atoms with Crippen molar-refractivity contribution in [1.82, 2.24) is 5.16 Å². The van der Waals surface area contributed by atoms with E-state index >= 15 is 0 Å². The standard InChI is InChI=1S/C16H16ClNO3S/c17-11-7-14-15(20-6-5-19-14)8-16(11)22-9-12-10-3-1-2-4-13(10)21-18-12/h7-8H,1-6,9H2. The molecule has 4 nitrogen and oxygen atoms in total. The lowest BCUT2D eigenvalue weighted by Crippen LogP contribution is -2.15. The van der Waals surface area contributed by atoms with Crippen LogP contribution in [0.3, 0.4) is 0 Å². The van der Waals surface area contributed by atoms with Gasteiger partial charge in [0.05, 0.1) is 10.7 Å². The number of aryl methyl sites for hydroxylation is 1. The van der Waals surface area contributed by atoms with Gasteiger partial charge in [-0.2, -0.15) is 0 Å². The van der Waals surface area contributed by atoms with E-state index in [0.29, 0.717) is 18.2 Å². The fourth-order valence-corrected chi connectivity index (χ4v) is 4.09. The van der Waals surface area contributed by atoms with Crippen LogP contribution in [0.4, 0.5) is 0 Å². The Morgan fingerprint density at radius 1 is 1.09 bits per heavy atom. The number of nitrogens with zero attached hydrogens (tertiary/aromatic N) is 1. The fraction of sp³-hybridized carbons (Fsp3) is 0.438. The Hall–Kier alpha value is -1.33. The summed E-state index contributed by atoms with van der Waals surface area (Å²) in [5, 5.41) is 4.92. The Kier molecular flexibility index (Phi) is 3.92. The van der Waals surface area contributed by atoms with Crippen LogP contribution in [0.15, 0.2) is 21.6 Å². The molecule has 0 radical (unpaired) electrons. The van der Waals surface area contributed by atoms with Crippen molar-refractivity contribution in [3.63, 3.8) is 0 Å². The first-order valence-corrected chi connectivity index (χ1v) is 8.86. The van der Waals surface area contributed by atoms with Gasteiger partial charge in [-0.25, -0.2) is 0 Å². The summed E-state index contributed by atoms with van der Waals surface area (Å²) in [5.41, 5.74) is 2.35. The molecule has 2 aromatic rings. The molecular weight excluding hydrogens is 322 g/mol. The quantitative estimate of drug-likeness (QED) is 0.782. The molecular formula is C16H16ClNO3S. The minimum atomic E-state index is 0.570. The van der Waals surface area contributed by atoms with E-state index in [-0.39, 0.29) is 0 Å². The molecule has 0 amide bonds. The van der Waals surface area contributed by atoms with E-state index in [1.54, 1.807) is 11.8 Å². The molecule has 0 unspecified atom stereocenters. The lowest BCUT2D eigenvalue weighted by atomic mass is 9.97. The Balaban J connectivity index is 1.53. The van der Waals surface area contributed by atoms with Crippen molar-refractivity contribution in [2.45, 2.75) is 36.3 Å². The first-order chi connectivity index (χ1) is 10.8. The van der Waals surface area contributed by atoms with Gasteiger partial charge in [0, 0.05) is 28.7 Å². The van der Waals surface area contributed by atoms with E-state index < -0.39 is 0 Å². The average Bonchev–Trinajstić information content (AvgIpc) is 2.96. The van der Waals surface area contributed by atoms with E-state index in [1.807, 2.05) is 12.1 Å². The lowest BCUT2D eigenvalue weighted by Gasteiger charge is -2.19. The van der Waals surface area contributed by atoms with Gasteiger partial charge in [-0.1, -0.05) is 16.8 Å². The number of aromatic nitrogens is 1. The van der Waals surface area contributed by atoms with Crippen molar-refractivity contribution >= 4 is 23.4 Å². The molecule has 1 aromatic heterocycles. The van der Waals surface area contributed by atoms with E-state index in [4.69, 9.17) is 25.6 Å². The monoisotopic (exact) mass is 337 g/mol. The Morgan fingerprint density at radius 2 is 1.86 bits per heavy atom. The third kappa shape index (κ3) is 2.68. The van der Waals surface area contributed by atoms with Crippen LogP contribution >= 0.6 is 23.4 Å². The summed E-state index contributed by atoms with van der Waals surface area (Å²) >= 11 is 8.00. The molecule has 22 heavy (non-hydrogen) atoms. The van der Waals surface area contributed by atoms with E-state index in [9.17, 15) is 0 Å². The summed E-state index contributed by atoms with van der Waals surface area (Å²) in [5.74, 6) is 3.31. The fourth-order valence-electron chi connectivity index (χ4n) is 2.86. The molecule has 0 fully saturated rings. The minimum Gasteiger partial charge on any atom is -0.486 e. The summed E-state index contributed by atoms with van der Waals surface area (Å²) in [7, 11) is 0. The van der Waals surface area contributed by atoms with E-state index in [2.05, 4.69) is 5.16 Å².